The third-order valence-corrected chi connectivity index (χ3v) is 2.57. The summed E-state index contributed by atoms with van der Waals surface area (Å²) >= 11 is 0. The number of sulfonamides is 1. The van der Waals surface area contributed by atoms with Crippen molar-refractivity contribution >= 4 is 15.8 Å². The van der Waals surface area contributed by atoms with Crippen LogP contribution in [-0.2, 0) is 10.0 Å². The Kier molecular flexibility index (Phi) is 3.14. The average molecular weight is 253 g/mol. The highest BCUT2D eigenvalue weighted by Crippen LogP contribution is 2.27. The molecule has 16 heavy (non-hydrogen) atoms. The number of nitro groups is 1. The fraction of sp³-hybridized carbons (Fsp3) is 0.167. The summed E-state index contributed by atoms with van der Waals surface area (Å²) < 4.78 is 46.6. The number of nitrogens with two attached hydrogens (primary N) is 1. The van der Waals surface area contributed by atoms with E-state index < -0.39 is 37.6 Å². The number of halogens is 2. The van der Waals surface area contributed by atoms with Crippen LogP contribution >= 0.6 is 0 Å². The van der Waals surface area contributed by atoms with Gasteiger partial charge in [-0.15, -0.1) is 0 Å². The molecule has 1 aromatic heterocycles. The van der Waals surface area contributed by atoms with Crippen LogP contribution < -0.4 is 5.14 Å². The van der Waals surface area contributed by atoms with Gasteiger partial charge >= 0.3 is 5.82 Å². The largest absolute Gasteiger partial charge is 0.363 e. The second-order valence-corrected chi connectivity index (χ2v) is 4.21. The predicted molar refractivity (Wildman–Crippen MR) is 47.2 cm³/mol. The molecular weight excluding hydrogens is 248 g/mol. The van der Waals surface area contributed by atoms with Gasteiger partial charge in [0.05, 0.1) is 5.56 Å². The highest BCUT2D eigenvalue weighted by molar-refractivity contribution is 7.89. The maximum atomic E-state index is 12.4. The summed E-state index contributed by atoms with van der Waals surface area (Å²) in [5.41, 5.74) is -1.04. The topological polar surface area (TPSA) is 116 Å². The molecule has 0 fully saturated rings. The minimum absolute atomic E-state index is 0.379. The molecule has 0 aromatic carbocycles. The number of alkyl halides is 2. The Morgan fingerprint density at radius 1 is 1.50 bits per heavy atom. The van der Waals surface area contributed by atoms with Gasteiger partial charge in [-0.25, -0.2) is 22.3 Å². The lowest BCUT2D eigenvalue weighted by Crippen LogP contribution is -2.15. The average Bonchev–Trinajstić information content (AvgIpc) is 2.15. The molecule has 0 bridgehead atoms. The minimum atomic E-state index is -4.39. The third kappa shape index (κ3) is 2.46. The van der Waals surface area contributed by atoms with Crippen LogP contribution in [0.4, 0.5) is 14.6 Å². The molecule has 0 spiro atoms. The standard InChI is InChI=1S/C6H5F2N3O4S/c7-6(8)3-1-5(11(12)13)10-2-4(3)16(9,14)15/h1-2,6H,(H2,9,14,15). The number of primary sulfonamides is 1. The predicted octanol–water partition coefficient (Wildman–Crippen LogP) is 0.575. The Hall–Kier alpha value is -1.68. The maximum Gasteiger partial charge on any atom is 0.363 e. The highest BCUT2D eigenvalue weighted by Gasteiger charge is 2.25. The number of rotatable bonds is 3. The Balaban J connectivity index is 3.49. The van der Waals surface area contributed by atoms with Crippen LogP contribution in [0, 0.1) is 10.1 Å². The minimum Gasteiger partial charge on any atom is -0.358 e. The van der Waals surface area contributed by atoms with E-state index in [4.69, 9.17) is 0 Å². The van der Waals surface area contributed by atoms with Gasteiger partial charge in [0.15, 0.2) is 6.20 Å². The Bertz CT molecular complexity index is 531. The van der Waals surface area contributed by atoms with E-state index in [9.17, 15) is 27.3 Å². The van der Waals surface area contributed by atoms with Gasteiger partial charge in [-0.3, -0.25) is 0 Å². The van der Waals surface area contributed by atoms with Crippen molar-refractivity contribution in [2.45, 2.75) is 11.3 Å². The van der Waals surface area contributed by atoms with Crippen LogP contribution in [0.1, 0.15) is 12.0 Å². The van der Waals surface area contributed by atoms with Crippen LogP contribution in [0.15, 0.2) is 17.2 Å². The lowest BCUT2D eigenvalue weighted by Gasteiger charge is -2.04. The molecule has 0 atom stereocenters. The molecule has 0 unspecified atom stereocenters. The molecular formula is C6H5F2N3O4S. The number of nitrogens with zero attached hydrogens (tertiary/aromatic N) is 2. The third-order valence-electron chi connectivity index (χ3n) is 1.61. The van der Waals surface area contributed by atoms with Gasteiger partial charge < -0.3 is 10.1 Å². The Morgan fingerprint density at radius 2 is 2.06 bits per heavy atom. The molecule has 0 radical (unpaired) electrons. The summed E-state index contributed by atoms with van der Waals surface area (Å²) in [6, 6.07) is 0.379. The summed E-state index contributed by atoms with van der Waals surface area (Å²) in [5.74, 6) is -0.872. The van der Waals surface area contributed by atoms with E-state index in [1.165, 1.54) is 0 Å². The van der Waals surface area contributed by atoms with E-state index in [0.29, 0.717) is 12.3 Å². The molecule has 2 N–H and O–H groups in total. The van der Waals surface area contributed by atoms with Crippen LogP contribution in [0.5, 0.6) is 0 Å². The van der Waals surface area contributed by atoms with Crippen molar-refractivity contribution < 1.29 is 22.1 Å². The van der Waals surface area contributed by atoms with Gasteiger partial charge in [-0.2, -0.15) is 0 Å². The SMILES string of the molecule is NS(=O)(=O)c1cnc([N+](=O)[O-])cc1C(F)F. The van der Waals surface area contributed by atoms with E-state index >= 15 is 0 Å². The van der Waals surface area contributed by atoms with Crippen molar-refractivity contribution in [2.75, 3.05) is 0 Å². The first-order valence-corrected chi connectivity index (χ1v) is 5.23. The summed E-state index contributed by atoms with van der Waals surface area (Å²) in [5, 5.41) is 14.9. The first-order chi connectivity index (χ1) is 7.23. The van der Waals surface area contributed by atoms with E-state index in [-0.39, 0.29) is 0 Å². The highest BCUT2D eigenvalue weighted by atomic mass is 32.2. The van der Waals surface area contributed by atoms with E-state index in [0.717, 1.165) is 0 Å². The zero-order chi connectivity index (χ0) is 12.5. The molecule has 0 amide bonds. The van der Waals surface area contributed by atoms with Crippen LogP contribution in [0.2, 0.25) is 0 Å². The van der Waals surface area contributed by atoms with Gasteiger partial charge in [0.25, 0.3) is 6.43 Å². The lowest BCUT2D eigenvalue weighted by molar-refractivity contribution is -0.389. The number of pyridine rings is 1. The molecule has 0 saturated heterocycles. The molecule has 0 aliphatic carbocycles. The molecule has 7 nitrogen and oxygen atoms in total. The summed E-state index contributed by atoms with van der Waals surface area (Å²) in [7, 11) is -4.39. The smallest absolute Gasteiger partial charge is 0.358 e. The Labute approximate surface area is 88.1 Å². The molecule has 88 valence electrons. The second-order valence-electron chi connectivity index (χ2n) is 2.68. The van der Waals surface area contributed by atoms with Crippen LogP contribution in [0.25, 0.3) is 0 Å². The summed E-state index contributed by atoms with van der Waals surface area (Å²) in [6.45, 7) is 0. The molecule has 10 heteroatoms. The molecule has 0 aliphatic heterocycles. The number of hydrogen-bond acceptors (Lipinski definition) is 5. The van der Waals surface area contributed by atoms with Crippen molar-refractivity contribution in [3.05, 3.63) is 27.9 Å². The van der Waals surface area contributed by atoms with Gasteiger partial charge in [0.1, 0.15) is 4.90 Å². The quantitative estimate of drug-likeness (QED) is 0.624. The van der Waals surface area contributed by atoms with Gasteiger partial charge in [-0.05, 0) is 9.91 Å². The first kappa shape index (κ1) is 12.4. The molecule has 1 rings (SSSR count). The Morgan fingerprint density at radius 3 is 2.44 bits per heavy atom. The van der Waals surface area contributed by atoms with E-state index in [2.05, 4.69) is 10.1 Å². The fourth-order valence-electron chi connectivity index (χ4n) is 0.955. The van der Waals surface area contributed by atoms with Crippen LogP contribution in [-0.4, -0.2) is 18.3 Å². The first-order valence-electron chi connectivity index (χ1n) is 3.68. The summed E-state index contributed by atoms with van der Waals surface area (Å²) in [6.07, 6.45) is -2.76. The molecule has 0 aliphatic rings. The van der Waals surface area contributed by atoms with Crippen molar-refractivity contribution in [1.82, 2.24) is 4.98 Å². The number of aromatic nitrogens is 1. The van der Waals surface area contributed by atoms with E-state index in [1.54, 1.807) is 0 Å². The van der Waals surface area contributed by atoms with Gasteiger partial charge in [-0.1, -0.05) is 0 Å². The van der Waals surface area contributed by atoms with E-state index in [1.807, 2.05) is 0 Å². The second kappa shape index (κ2) is 4.06. The monoisotopic (exact) mass is 253 g/mol. The summed E-state index contributed by atoms with van der Waals surface area (Å²) in [4.78, 5) is 11.4. The van der Waals surface area contributed by atoms with Crippen molar-refractivity contribution in [2.24, 2.45) is 5.14 Å². The maximum absolute atomic E-state index is 12.4. The van der Waals surface area contributed by atoms with Crippen LogP contribution in [0.3, 0.4) is 0 Å². The fourth-order valence-corrected chi connectivity index (χ4v) is 1.63. The van der Waals surface area contributed by atoms with Crippen molar-refractivity contribution in [3.63, 3.8) is 0 Å². The van der Waals surface area contributed by atoms with Gasteiger partial charge in [0, 0.05) is 6.07 Å². The molecule has 1 aromatic rings. The molecule has 0 saturated carbocycles. The zero-order valence-corrected chi connectivity index (χ0v) is 8.32. The van der Waals surface area contributed by atoms with Crippen molar-refractivity contribution in [3.8, 4) is 0 Å². The zero-order valence-electron chi connectivity index (χ0n) is 7.50. The van der Waals surface area contributed by atoms with Crippen molar-refractivity contribution in [1.29, 1.82) is 0 Å². The van der Waals surface area contributed by atoms with Gasteiger partial charge in [0.2, 0.25) is 10.0 Å². The number of hydrogen-bond donors (Lipinski definition) is 1. The lowest BCUT2D eigenvalue weighted by atomic mass is 10.3. The molecule has 1 heterocycles. The normalized spacial score (nSPS) is 11.8.